The molecule has 0 aromatic heterocycles. The van der Waals surface area contributed by atoms with Gasteiger partial charge < -0.3 is 0 Å². The van der Waals surface area contributed by atoms with Gasteiger partial charge >= 0.3 is 0 Å². The van der Waals surface area contributed by atoms with E-state index in [2.05, 4.69) is 0 Å². The van der Waals surface area contributed by atoms with E-state index in [1.54, 1.807) is 27.7 Å². The molecule has 22 heavy (non-hydrogen) atoms. The van der Waals surface area contributed by atoms with Gasteiger partial charge in [-0.05, 0) is 49.0 Å². The minimum atomic E-state index is -0.257. The lowest BCUT2D eigenvalue weighted by molar-refractivity contribution is -0.136. The second-order valence-electron chi connectivity index (χ2n) is 4.82. The molecule has 0 unspecified atom stereocenters. The van der Waals surface area contributed by atoms with Gasteiger partial charge in [0, 0.05) is 12.8 Å². The maximum absolute atomic E-state index is 10.7. The third-order valence-corrected chi connectivity index (χ3v) is 3.33. The molecule has 0 rings (SSSR count). The first-order chi connectivity index (χ1) is 10.3. The third kappa shape index (κ3) is 7.81. The predicted octanol–water partition coefficient (Wildman–Crippen LogP) is 3.78. The second kappa shape index (κ2) is 12.9. The van der Waals surface area contributed by atoms with Gasteiger partial charge in [-0.1, -0.05) is 27.7 Å². The lowest BCUT2D eigenvalue weighted by Gasteiger charge is -2.11. The number of carbonyl (C=O) groups excluding carboxylic acids is 4. The van der Waals surface area contributed by atoms with Gasteiger partial charge in [-0.25, -0.2) is 0 Å². The summed E-state index contributed by atoms with van der Waals surface area (Å²) in [6, 6.07) is 0. The van der Waals surface area contributed by atoms with E-state index < -0.39 is 0 Å². The highest BCUT2D eigenvalue weighted by Gasteiger charge is 2.08. The Bertz CT molecular complexity index is 423. The Labute approximate surface area is 133 Å². The highest BCUT2D eigenvalue weighted by molar-refractivity contribution is 6.36. The van der Waals surface area contributed by atoms with Gasteiger partial charge in [0.05, 0.1) is 0 Å². The van der Waals surface area contributed by atoms with Crippen LogP contribution in [-0.2, 0) is 19.2 Å². The van der Waals surface area contributed by atoms with Crippen LogP contribution in [0.25, 0.3) is 0 Å². The first-order valence-corrected chi connectivity index (χ1v) is 7.70. The van der Waals surface area contributed by atoms with Crippen LogP contribution >= 0.6 is 0 Å². The molecule has 0 aliphatic heterocycles. The zero-order valence-corrected chi connectivity index (χ0v) is 14.6. The van der Waals surface area contributed by atoms with Crippen molar-refractivity contribution in [3.05, 3.63) is 22.3 Å². The smallest absolute Gasteiger partial charge is 0.198 e. The second-order valence-corrected chi connectivity index (χ2v) is 4.82. The zero-order chi connectivity index (χ0) is 17.7. The van der Waals surface area contributed by atoms with Crippen molar-refractivity contribution in [2.75, 3.05) is 0 Å². The number of rotatable bonds is 8. The van der Waals surface area contributed by atoms with Crippen LogP contribution in [0.2, 0.25) is 0 Å². The summed E-state index contributed by atoms with van der Waals surface area (Å²) in [6.45, 7) is 11.0. The van der Waals surface area contributed by atoms with Crippen LogP contribution in [0.1, 0.15) is 67.2 Å². The summed E-state index contributed by atoms with van der Waals surface area (Å²) in [4.78, 5) is 42.1. The molecule has 0 aromatic carbocycles. The number of hydrogen-bond acceptors (Lipinski definition) is 4. The molecule has 0 aliphatic rings. The van der Waals surface area contributed by atoms with Crippen molar-refractivity contribution in [1.29, 1.82) is 0 Å². The molecule has 0 aromatic rings. The summed E-state index contributed by atoms with van der Waals surface area (Å²) < 4.78 is 0. The van der Waals surface area contributed by atoms with Gasteiger partial charge in [-0.15, -0.1) is 0 Å². The van der Waals surface area contributed by atoms with E-state index in [4.69, 9.17) is 0 Å². The SMILES string of the molecule is CCC(=C(C)C=O)C(CC)=C(C)C=O.CCC(=O)C(=O)CC. The highest BCUT2D eigenvalue weighted by atomic mass is 16.2. The summed E-state index contributed by atoms with van der Waals surface area (Å²) in [5, 5.41) is 0. The normalized spacial score (nSPS) is 12.3. The Balaban J connectivity index is 0. The molecule has 4 heteroatoms. The molecular formula is C18H28O4. The summed E-state index contributed by atoms with van der Waals surface area (Å²) in [5.41, 5.74) is 3.47. The van der Waals surface area contributed by atoms with Crippen molar-refractivity contribution in [3.63, 3.8) is 0 Å². The fraction of sp³-hybridized carbons (Fsp3) is 0.556. The van der Waals surface area contributed by atoms with E-state index >= 15 is 0 Å². The lowest BCUT2D eigenvalue weighted by atomic mass is 9.93. The van der Waals surface area contributed by atoms with Crippen molar-refractivity contribution in [2.45, 2.75) is 67.2 Å². The third-order valence-electron chi connectivity index (χ3n) is 3.33. The van der Waals surface area contributed by atoms with Crippen LogP contribution in [0, 0.1) is 0 Å². The van der Waals surface area contributed by atoms with Crippen molar-refractivity contribution >= 4 is 24.1 Å². The topological polar surface area (TPSA) is 68.3 Å². The molecule has 0 radical (unpaired) electrons. The van der Waals surface area contributed by atoms with E-state index in [-0.39, 0.29) is 11.6 Å². The Morgan fingerprint density at radius 1 is 0.636 bits per heavy atom. The number of Topliss-reactive ketones (excluding diaryl/α,β-unsaturated/α-hetero) is 2. The molecule has 0 N–H and O–H groups in total. The summed E-state index contributed by atoms with van der Waals surface area (Å²) in [7, 11) is 0. The van der Waals surface area contributed by atoms with E-state index in [0.717, 1.165) is 47.7 Å². The number of carbonyl (C=O) groups is 4. The maximum Gasteiger partial charge on any atom is 0.198 e. The Morgan fingerprint density at radius 3 is 1.05 bits per heavy atom. The molecule has 4 nitrogen and oxygen atoms in total. The maximum atomic E-state index is 10.7. The molecule has 124 valence electrons. The number of ketones is 2. The van der Waals surface area contributed by atoms with E-state index in [1.807, 2.05) is 13.8 Å². The number of allylic oxidation sites excluding steroid dienone is 4. The molecule has 0 atom stereocenters. The Kier molecular flexibility index (Phi) is 13.1. The quantitative estimate of drug-likeness (QED) is 0.296. The highest BCUT2D eigenvalue weighted by Crippen LogP contribution is 2.23. The molecule has 0 spiro atoms. The molecular weight excluding hydrogens is 280 g/mol. The average Bonchev–Trinajstić information content (AvgIpc) is 2.56. The molecule has 0 heterocycles. The molecule has 0 saturated heterocycles. The van der Waals surface area contributed by atoms with Crippen LogP contribution < -0.4 is 0 Å². The first kappa shape index (κ1) is 22.4. The molecule has 0 bridgehead atoms. The van der Waals surface area contributed by atoms with Crippen LogP contribution in [0.15, 0.2) is 22.3 Å². The first-order valence-electron chi connectivity index (χ1n) is 7.70. The Morgan fingerprint density at radius 2 is 0.909 bits per heavy atom. The van der Waals surface area contributed by atoms with Gasteiger partial charge in [0.25, 0.3) is 0 Å². The number of hydrogen-bond donors (Lipinski definition) is 0. The van der Waals surface area contributed by atoms with Crippen LogP contribution in [0.3, 0.4) is 0 Å². The van der Waals surface area contributed by atoms with Crippen molar-refractivity contribution in [2.24, 2.45) is 0 Å². The van der Waals surface area contributed by atoms with Gasteiger partial charge in [0.1, 0.15) is 12.6 Å². The summed E-state index contributed by atoms with van der Waals surface area (Å²) in [5.74, 6) is -0.514. The van der Waals surface area contributed by atoms with Crippen molar-refractivity contribution < 1.29 is 19.2 Å². The fourth-order valence-corrected chi connectivity index (χ4v) is 2.00. The minimum absolute atomic E-state index is 0.257. The van der Waals surface area contributed by atoms with Crippen LogP contribution in [-0.4, -0.2) is 24.1 Å². The summed E-state index contributed by atoms with van der Waals surface area (Å²) in [6.07, 6.45) is 3.97. The zero-order valence-electron chi connectivity index (χ0n) is 14.6. The Hall–Kier alpha value is -1.84. The molecule has 0 aliphatic carbocycles. The van der Waals surface area contributed by atoms with E-state index in [0.29, 0.717) is 12.8 Å². The average molecular weight is 308 g/mol. The van der Waals surface area contributed by atoms with Gasteiger partial charge in [-0.2, -0.15) is 0 Å². The predicted molar refractivity (Wildman–Crippen MR) is 88.7 cm³/mol. The van der Waals surface area contributed by atoms with Gasteiger partial charge in [0.2, 0.25) is 0 Å². The van der Waals surface area contributed by atoms with Crippen LogP contribution in [0.4, 0.5) is 0 Å². The van der Waals surface area contributed by atoms with E-state index in [9.17, 15) is 19.2 Å². The van der Waals surface area contributed by atoms with Gasteiger partial charge in [0.15, 0.2) is 11.6 Å². The standard InChI is InChI=1S/C12H18O2.C6H10O2/c1-5-11(9(3)7-13)12(6-2)10(4)8-14;1-3-5(7)6(8)4-2/h7-8H,5-6H2,1-4H3;3-4H2,1-2H3. The van der Waals surface area contributed by atoms with Crippen LogP contribution in [0.5, 0.6) is 0 Å². The summed E-state index contributed by atoms with van der Waals surface area (Å²) >= 11 is 0. The van der Waals surface area contributed by atoms with Crippen molar-refractivity contribution in [1.82, 2.24) is 0 Å². The largest absolute Gasteiger partial charge is 0.298 e. The lowest BCUT2D eigenvalue weighted by Crippen LogP contribution is -2.09. The van der Waals surface area contributed by atoms with Crippen molar-refractivity contribution in [3.8, 4) is 0 Å². The minimum Gasteiger partial charge on any atom is -0.298 e. The monoisotopic (exact) mass is 308 g/mol. The molecule has 0 saturated carbocycles. The van der Waals surface area contributed by atoms with E-state index in [1.165, 1.54) is 0 Å². The molecule has 0 fully saturated rings. The van der Waals surface area contributed by atoms with Gasteiger partial charge in [-0.3, -0.25) is 19.2 Å². The molecule has 0 amide bonds. The number of aldehydes is 2. The fourth-order valence-electron chi connectivity index (χ4n) is 2.00.